The molecule has 5 heteroatoms. The minimum absolute atomic E-state index is 0.193. The third-order valence-electron chi connectivity index (χ3n) is 4.09. The van der Waals surface area contributed by atoms with Crippen LogP contribution in [-0.2, 0) is 4.79 Å². The van der Waals surface area contributed by atoms with Gasteiger partial charge in [-0.1, -0.05) is 26.7 Å². The van der Waals surface area contributed by atoms with E-state index in [9.17, 15) is 9.59 Å². The molecule has 1 aliphatic carbocycles. The number of nitrogens with one attached hydrogen (secondary N) is 2. The van der Waals surface area contributed by atoms with Gasteiger partial charge < -0.3 is 15.7 Å². The van der Waals surface area contributed by atoms with Gasteiger partial charge >= 0.3 is 12.0 Å². The molecule has 0 atom stereocenters. The van der Waals surface area contributed by atoms with Gasteiger partial charge in [0.05, 0.1) is 0 Å². The first-order valence-electron chi connectivity index (χ1n) is 7.46. The highest BCUT2D eigenvalue weighted by molar-refractivity contribution is 5.85. The molecule has 2 amide bonds. The first-order valence-corrected chi connectivity index (χ1v) is 7.46. The fourth-order valence-electron chi connectivity index (χ4n) is 3.09. The molecule has 20 heavy (non-hydrogen) atoms. The number of rotatable bonds is 6. The lowest BCUT2D eigenvalue weighted by atomic mass is 9.78. The van der Waals surface area contributed by atoms with Gasteiger partial charge in [-0.2, -0.15) is 0 Å². The van der Waals surface area contributed by atoms with Gasteiger partial charge in [0, 0.05) is 6.54 Å². The van der Waals surface area contributed by atoms with Crippen LogP contribution in [0, 0.1) is 11.3 Å². The molecule has 0 spiro atoms. The molecule has 0 aromatic carbocycles. The number of aliphatic carboxylic acids is 1. The van der Waals surface area contributed by atoms with Crippen LogP contribution in [0.2, 0.25) is 0 Å². The van der Waals surface area contributed by atoms with Crippen molar-refractivity contribution in [2.24, 2.45) is 11.3 Å². The molecular weight excluding hydrogens is 256 g/mol. The average Bonchev–Trinajstić information content (AvgIpc) is 2.74. The maximum atomic E-state index is 11.9. The number of urea groups is 1. The number of hydrogen-bond donors (Lipinski definition) is 3. The van der Waals surface area contributed by atoms with E-state index in [1.807, 2.05) is 0 Å². The number of amides is 2. The molecule has 0 aromatic rings. The third-order valence-corrected chi connectivity index (χ3v) is 4.09. The summed E-state index contributed by atoms with van der Waals surface area (Å²) in [7, 11) is 0. The van der Waals surface area contributed by atoms with E-state index in [-0.39, 0.29) is 5.41 Å². The van der Waals surface area contributed by atoms with E-state index in [1.165, 1.54) is 26.7 Å². The van der Waals surface area contributed by atoms with Crippen molar-refractivity contribution >= 4 is 12.0 Å². The van der Waals surface area contributed by atoms with Crippen LogP contribution in [0.25, 0.3) is 0 Å². The van der Waals surface area contributed by atoms with Gasteiger partial charge in [-0.05, 0) is 44.4 Å². The highest BCUT2D eigenvalue weighted by Gasteiger charge is 2.35. The topological polar surface area (TPSA) is 78.4 Å². The van der Waals surface area contributed by atoms with Gasteiger partial charge in [0.2, 0.25) is 0 Å². The van der Waals surface area contributed by atoms with E-state index in [2.05, 4.69) is 24.5 Å². The molecular formula is C15H28N2O3. The van der Waals surface area contributed by atoms with Gasteiger partial charge in [0.15, 0.2) is 0 Å². The Labute approximate surface area is 121 Å². The molecule has 0 unspecified atom stereocenters. The van der Waals surface area contributed by atoms with Crippen LogP contribution in [0.15, 0.2) is 0 Å². The molecule has 1 aliphatic rings. The highest BCUT2D eigenvalue weighted by atomic mass is 16.4. The molecule has 116 valence electrons. The van der Waals surface area contributed by atoms with Crippen LogP contribution >= 0.6 is 0 Å². The quantitative estimate of drug-likeness (QED) is 0.701. The lowest BCUT2D eigenvalue weighted by Crippen LogP contribution is -2.54. The van der Waals surface area contributed by atoms with E-state index in [0.29, 0.717) is 12.5 Å². The summed E-state index contributed by atoms with van der Waals surface area (Å²) in [4.78, 5) is 22.8. The van der Waals surface area contributed by atoms with Gasteiger partial charge in [-0.15, -0.1) is 0 Å². The minimum Gasteiger partial charge on any atom is -0.480 e. The Balaban J connectivity index is 2.52. The molecule has 0 saturated heterocycles. The van der Waals surface area contributed by atoms with Crippen molar-refractivity contribution in [2.45, 2.75) is 65.3 Å². The number of carboxylic acid groups (broad SMARTS) is 1. The van der Waals surface area contributed by atoms with Crippen LogP contribution in [0.1, 0.15) is 59.8 Å². The first-order chi connectivity index (χ1) is 9.17. The van der Waals surface area contributed by atoms with Crippen LogP contribution in [0.5, 0.6) is 0 Å². The second-order valence-corrected chi connectivity index (χ2v) is 7.04. The second-order valence-electron chi connectivity index (χ2n) is 7.04. The Morgan fingerprint density at radius 3 is 2.25 bits per heavy atom. The van der Waals surface area contributed by atoms with Crippen molar-refractivity contribution in [3.8, 4) is 0 Å². The molecule has 0 aromatic heterocycles. The van der Waals surface area contributed by atoms with Gasteiger partial charge in [-0.3, -0.25) is 0 Å². The summed E-state index contributed by atoms with van der Waals surface area (Å²) < 4.78 is 0. The molecule has 1 fully saturated rings. The zero-order chi connectivity index (χ0) is 15.4. The summed E-state index contributed by atoms with van der Waals surface area (Å²) in [5, 5.41) is 14.4. The summed E-state index contributed by atoms with van der Waals surface area (Å²) in [6, 6.07) is -0.396. The average molecular weight is 284 g/mol. The smallest absolute Gasteiger partial charge is 0.328 e. The van der Waals surface area contributed by atoms with Crippen molar-refractivity contribution in [1.29, 1.82) is 0 Å². The van der Waals surface area contributed by atoms with E-state index in [4.69, 9.17) is 5.11 Å². The summed E-state index contributed by atoms with van der Waals surface area (Å²) in [5.74, 6) is -0.432. The zero-order valence-corrected chi connectivity index (χ0v) is 13.1. The summed E-state index contributed by atoms with van der Waals surface area (Å²) in [5.41, 5.74) is -1.05. The predicted molar refractivity (Wildman–Crippen MR) is 78.6 cm³/mol. The normalized spacial score (nSPS) is 18.1. The molecule has 0 bridgehead atoms. The summed E-state index contributed by atoms with van der Waals surface area (Å²) in [6.07, 6.45) is 5.84. The molecule has 0 aliphatic heterocycles. The molecule has 1 saturated carbocycles. The van der Waals surface area contributed by atoms with Crippen LogP contribution in [0.4, 0.5) is 4.79 Å². The summed E-state index contributed by atoms with van der Waals surface area (Å²) >= 11 is 0. The van der Waals surface area contributed by atoms with E-state index < -0.39 is 17.5 Å². The van der Waals surface area contributed by atoms with Crippen LogP contribution in [0.3, 0.4) is 0 Å². The number of carbonyl (C=O) groups is 2. The van der Waals surface area contributed by atoms with Crippen LogP contribution in [-0.4, -0.2) is 29.2 Å². The van der Waals surface area contributed by atoms with Crippen molar-refractivity contribution in [3.05, 3.63) is 0 Å². The lowest BCUT2D eigenvalue weighted by molar-refractivity contribution is -0.142. The molecule has 0 radical (unpaired) electrons. The Morgan fingerprint density at radius 2 is 1.80 bits per heavy atom. The fourth-order valence-corrected chi connectivity index (χ4v) is 3.09. The van der Waals surface area contributed by atoms with Crippen LogP contribution < -0.4 is 10.6 Å². The fraction of sp³-hybridized carbons (Fsp3) is 0.867. The summed E-state index contributed by atoms with van der Waals surface area (Å²) in [6.45, 7) is 8.00. The van der Waals surface area contributed by atoms with E-state index >= 15 is 0 Å². The van der Waals surface area contributed by atoms with Crippen molar-refractivity contribution < 1.29 is 14.7 Å². The van der Waals surface area contributed by atoms with Crippen molar-refractivity contribution in [2.75, 3.05) is 6.54 Å². The van der Waals surface area contributed by atoms with Gasteiger partial charge in [0.25, 0.3) is 0 Å². The second kappa shape index (κ2) is 6.46. The van der Waals surface area contributed by atoms with Gasteiger partial charge in [-0.25, -0.2) is 9.59 Å². The largest absolute Gasteiger partial charge is 0.480 e. The van der Waals surface area contributed by atoms with E-state index in [0.717, 1.165) is 19.3 Å². The van der Waals surface area contributed by atoms with Crippen molar-refractivity contribution in [1.82, 2.24) is 10.6 Å². The number of carboxylic acids is 1. The monoisotopic (exact) mass is 284 g/mol. The predicted octanol–water partition coefficient (Wildman–Crippen LogP) is 2.76. The Kier molecular flexibility index (Phi) is 5.42. The number of hydrogen-bond acceptors (Lipinski definition) is 2. The number of carbonyl (C=O) groups excluding carboxylic acids is 1. The molecule has 3 N–H and O–H groups in total. The Hall–Kier alpha value is -1.26. The van der Waals surface area contributed by atoms with Gasteiger partial charge in [0.1, 0.15) is 5.54 Å². The lowest BCUT2D eigenvalue weighted by Gasteiger charge is -2.32. The Bertz CT molecular complexity index is 358. The maximum Gasteiger partial charge on any atom is 0.328 e. The molecule has 5 nitrogen and oxygen atoms in total. The SMILES string of the molecule is CC(C)CC1(CNC(=O)NC(C)(C)C(=O)O)CCCC1. The molecule has 0 heterocycles. The highest BCUT2D eigenvalue weighted by Crippen LogP contribution is 2.42. The maximum absolute atomic E-state index is 11.9. The zero-order valence-electron chi connectivity index (χ0n) is 13.1. The standard InChI is InChI=1S/C15H28N2O3/c1-11(2)9-15(7-5-6-8-15)10-16-13(20)17-14(3,4)12(18)19/h11H,5-10H2,1-4H3,(H,18,19)(H2,16,17,20). The Morgan fingerprint density at radius 1 is 1.25 bits per heavy atom. The molecule has 1 rings (SSSR count). The third kappa shape index (κ3) is 4.69. The van der Waals surface area contributed by atoms with Crippen molar-refractivity contribution in [3.63, 3.8) is 0 Å². The van der Waals surface area contributed by atoms with E-state index in [1.54, 1.807) is 0 Å². The first kappa shape index (κ1) is 16.8. The minimum atomic E-state index is -1.25.